The van der Waals surface area contributed by atoms with E-state index in [-0.39, 0.29) is 11.5 Å². The summed E-state index contributed by atoms with van der Waals surface area (Å²) in [6.45, 7) is 9.63. The molecule has 1 N–H and O–H groups in total. The van der Waals surface area contributed by atoms with E-state index in [9.17, 15) is 0 Å². The molecule has 0 saturated heterocycles. The van der Waals surface area contributed by atoms with Crippen LogP contribution in [0.1, 0.15) is 49.3 Å². The van der Waals surface area contributed by atoms with Crippen LogP contribution >= 0.6 is 22.9 Å². The number of hydrogen-bond acceptors (Lipinski definition) is 6. The second kappa shape index (κ2) is 6.07. The van der Waals surface area contributed by atoms with E-state index in [1.807, 2.05) is 6.20 Å². The quantitative estimate of drug-likeness (QED) is 0.920. The summed E-state index contributed by atoms with van der Waals surface area (Å²) in [6, 6.07) is 0.268. The highest BCUT2D eigenvalue weighted by atomic mass is 32.1. The molecule has 0 amide bonds. The summed E-state index contributed by atoms with van der Waals surface area (Å²) in [6.07, 6.45) is 2.74. The Labute approximate surface area is 122 Å². The van der Waals surface area contributed by atoms with Crippen LogP contribution in [0.25, 0.3) is 0 Å². The first-order valence-corrected chi connectivity index (χ1v) is 8.11. The number of hydrogen-bond donors (Lipinski definition) is 1. The number of aromatic nitrogens is 3. The molecular weight excluding hydrogens is 276 g/mol. The Bertz CT molecular complexity index is 499. The summed E-state index contributed by atoms with van der Waals surface area (Å²) in [5.41, 5.74) is 1.29. The largest absolute Gasteiger partial charge is 0.309 e. The number of nitrogens with one attached hydrogen (secondary N) is 1. The van der Waals surface area contributed by atoms with E-state index in [2.05, 4.69) is 48.0 Å². The fourth-order valence-corrected chi connectivity index (χ4v) is 3.42. The highest BCUT2D eigenvalue weighted by Gasteiger charge is 2.20. The van der Waals surface area contributed by atoms with E-state index in [1.54, 1.807) is 11.3 Å². The minimum absolute atomic E-state index is 0.120. The Morgan fingerprint density at radius 3 is 2.68 bits per heavy atom. The highest BCUT2D eigenvalue weighted by Crippen LogP contribution is 2.27. The molecule has 0 saturated carbocycles. The Kier molecular flexibility index (Phi) is 4.65. The van der Waals surface area contributed by atoms with Gasteiger partial charge in [0.25, 0.3) is 0 Å². The van der Waals surface area contributed by atoms with E-state index in [0.717, 1.165) is 13.0 Å². The van der Waals surface area contributed by atoms with Crippen molar-refractivity contribution < 1.29 is 0 Å². The average Bonchev–Trinajstić information content (AvgIpc) is 2.98. The predicted molar refractivity (Wildman–Crippen MR) is 80.8 cm³/mol. The third-order valence-electron chi connectivity index (χ3n) is 2.87. The number of thiazole rings is 1. The zero-order chi connectivity index (χ0) is 13.9. The third kappa shape index (κ3) is 3.81. The Morgan fingerprint density at radius 2 is 2.16 bits per heavy atom. The maximum Gasteiger partial charge on any atom is 0.0947 e. The lowest BCUT2D eigenvalue weighted by Crippen LogP contribution is -2.22. The van der Waals surface area contributed by atoms with Crippen molar-refractivity contribution >= 4 is 22.9 Å². The maximum atomic E-state index is 4.76. The average molecular weight is 296 g/mol. The topological polar surface area (TPSA) is 50.7 Å². The molecule has 0 radical (unpaired) electrons. The third-order valence-corrected chi connectivity index (χ3v) is 4.52. The molecule has 0 aliphatic rings. The van der Waals surface area contributed by atoms with Gasteiger partial charge in [-0.25, -0.2) is 4.98 Å². The van der Waals surface area contributed by atoms with Crippen LogP contribution < -0.4 is 5.32 Å². The van der Waals surface area contributed by atoms with E-state index in [4.69, 9.17) is 4.98 Å². The van der Waals surface area contributed by atoms with Crippen LogP contribution in [0, 0.1) is 0 Å². The molecule has 6 heteroatoms. The van der Waals surface area contributed by atoms with Crippen molar-refractivity contribution in [1.29, 1.82) is 0 Å². The molecule has 2 aromatic rings. The second-order valence-corrected chi connectivity index (χ2v) is 7.27. The smallest absolute Gasteiger partial charge is 0.0947 e. The molecular formula is C13H20N4S2. The van der Waals surface area contributed by atoms with Crippen molar-refractivity contribution in [3.8, 4) is 0 Å². The van der Waals surface area contributed by atoms with Crippen molar-refractivity contribution in [2.24, 2.45) is 0 Å². The van der Waals surface area contributed by atoms with E-state index in [1.165, 1.54) is 27.1 Å². The summed E-state index contributed by atoms with van der Waals surface area (Å²) < 4.78 is 3.95. The van der Waals surface area contributed by atoms with Crippen LogP contribution in [-0.4, -0.2) is 21.1 Å². The van der Waals surface area contributed by atoms with Gasteiger partial charge in [-0.3, -0.25) is 0 Å². The van der Waals surface area contributed by atoms with Crippen molar-refractivity contribution in [3.63, 3.8) is 0 Å². The van der Waals surface area contributed by atoms with E-state index >= 15 is 0 Å². The number of nitrogens with zero attached hydrogens (tertiary/aromatic N) is 3. The minimum atomic E-state index is 0.120. The monoisotopic (exact) mass is 296 g/mol. The minimum Gasteiger partial charge on any atom is -0.309 e. The molecule has 0 aliphatic carbocycles. The Morgan fingerprint density at radius 1 is 1.37 bits per heavy atom. The number of rotatable bonds is 5. The van der Waals surface area contributed by atoms with Gasteiger partial charge in [0.1, 0.15) is 0 Å². The molecule has 0 fully saturated rings. The summed E-state index contributed by atoms with van der Waals surface area (Å²) in [7, 11) is 0. The predicted octanol–water partition coefficient (Wildman–Crippen LogP) is 3.19. The van der Waals surface area contributed by atoms with Crippen molar-refractivity contribution in [2.45, 2.75) is 45.6 Å². The van der Waals surface area contributed by atoms with Gasteiger partial charge in [-0.15, -0.1) is 16.4 Å². The molecule has 4 nitrogen and oxygen atoms in total. The Hall–Kier alpha value is -0.850. The van der Waals surface area contributed by atoms with Crippen molar-refractivity contribution in [1.82, 2.24) is 19.9 Å². The SMILES string of the molecule is CCNC(Cc1nc(C(C)(C)C)cs1)c1cnns1. The lowest BCUT2D eigenvalue weighted by Gasteiger charge is -2.15. The van der Waals surface area contributed by atoms with Crippen molar-refractivity contribution in [2.75, 3.05) is 6.54 Å². The van der Waals surface area contributed by atoms with Gasteiger partial charge in [0.05, 0.1) is 27.8 Å². The lowest BCUT2D eigenvalue weighted by molar-refractivity contribution is 0.545. The fourth-order valence-electron chi connectivity index (χ4n) is 1.77. The fraction of sp³-hybridized carbons (Fsp3) is 0.615. The molecule has 0 aromatic carbocycles. The maximum absolute atomic E-state index is 4.76. The first kappa shape index (κ1) is 14.6. The molecule has 19 heavy (non-hydrogen) atoms. The molecule has 2 rings (SSSR count). The normalized spacial score (nSPS) is 13.7. The molecule has 1 unspecified atom stereocenters. The van der Waals surface area contributed by atoms with Crippen LogP contribution in [-0.2, 0) is 11.8 Å². The summed E-state index contributed by atoms with van der Waals surface area (Å²) in [5.74, 6) is 0. The van der Waals surface area contributed by atoms with Gasteiger partial charge in [-0.05, 0) is 18.1 Å². The van der Waals surface area contributed by atoms with Gasteiger partial charge < -0.3 is 5.32 Å². The van der Waals surface area contributed by atoms with Crippen molar-refractivity contribution in [3.05, 3.63) is 27.2 Å². The summed E-state index contributed by atoms with van der Waals surface area (Å²) in [4.78, 5) is 5.93. The lowest BCUT2D eigenvalue weighted by atomic mass is 9.93. The zero-order valence-corrected chi connectivity index (χ0v) is 13.4. The Balaban J connectivity index is 2.11. The van der Waals surface area contributed by atoms with Crippen LogP contribution in [0.5, 0.6) is 0 Å². The first-order valence-electron chi connectivity index (χ1n) is 6.46. The molecule has 1 atom stereocenters. The van der Waals surface area contributed by atoms with Gasteiger partial charge in [-0.1, -0.05) is 32.2 Å². The zero-order valence-electron chi connectivity index (χ0n) is 11.8. The van der Waals surface area contributed by atoms with Gasteiger partial charge in [0.15, 0.2) is 0 Å². The van der Waals surface area contributed by atoms with Gasteiger partial charge in [0.2, 0.25) is 0 Å². The highest BCUT2D eigenvalue weighted by molar-refractivity contribution is 7.09. The van der Waals surface area contributed by atoms with Crippen LogP contribution in [0.3, 0.4) is 0 Å². The standard InChI is InChI=1S/C13H20N4S2/c1-5-14-9(10-7-15-17-19-10)6-12-16-11(8-18-12)13(2,3)4/h7-9,14H,5-6H2,1-4H3. The van der Waals surface area contributed by atoms with E-state index in [0.29, 0.717) is 0 Å². The number of likely N-dealkylation sites (N-methyl/N-ethyl adjacent to an activating group) is 1. The van der Waals surface area contributed by atoms with Gasteiger partial charge in [0, 0.05) is 17.2 Å². The van der Waals surface area contributed by atoms with Crippen LogP contribution in [0.4, 0.5) is 0 Å². The molecule has 104 valence electrons. The second-order valence-electron chi connectivity index (χ2n) is 5.51. The molecule has 0 spiro atoms. The van der Waals surface area contributed by atoms with Crippen LogP contribution in [0.2, 0.25) is 0 Å². The molecule has 2 heterocycles. The van der Waals surface area contributed by atoms with Gasteiger partial charge in [-0.2, -0.15) is 0 Å². The molecule has 0 bridgehead atoms. The molecule has 2 aromatic heterocycles. The first-order chi connectivity index (χ1) is 9.00. The summed E-state index contributed by atoms with van der Waals surface area (Å²) in [5, 5.41) is 10.7. The van der Waals surface area contributed by atoms with Gasteiger partial charge >= 0.3 is 0 Å². The van der Waals surface area contributed by atoms with E-state index < -0.39 is 0 Å². The summed E-state index contributed by atoms with van der Waals surface area (Å²) >= 11 is 3.20. The molecule has 0 aliphatic heterocycles. The van der Waals surface area contributed by atoms with Crippen LogP contribution in [0.15, 0.2) is 11.6 Å².